The van der Waals surface area contributed by atoms with Crippen LogP contribution in [0.15, 0.2) is 64.8 Å². The normalized spacial score (nSPS) is 19.3. The summed E-state index contributed by atoms with van der Waals surface area (Å²) in [4.78, 5) is 25.8. The second-order valence-corrected chi connectivity index (χ2v) is 11.1. The van der Waals surface area contributed by atoms with E-state index in [4.69, 9.17) is 4.74 Å². The van der Waals surface area contributed by atoms with E-state index in [2.05, 4.69) is 38.4 Å². The molecule has 1 aliphatic carbocycles. The van der Waals surface area contributed by atoms with E-state index in [-0.39, 0.29) is 15.0 Å². The van der Waals surface area contributed by atoms with Crippen molar-refractivity contribution < 1.29 is 14.3 Å². The molecule has 0 radical (unpaired) electrons. The fourth-order valence-corrected chi connectivity index (χ4v) is 5.93. The quantitative estimate of drug-likeness (QED) is 0.374. The van der Waals surface area contributed by atoms with Crippen LogP contribution in [0.5, 0.6) is 0 Å². The van der Waals surface area contributed by atoms with E-state index in [1.54, 1.807) is 16.8 Å². The van der Waals surface area contributed by atoms with E-state index < -0.39 is 23.2 Å². The van der Waals surface area contributed by atoms with E-state index in [1.807, 2.05) is 44.3 Å². The summed E-state index contributed by atoms with van der Waals surface area (Å²) >= 11 is 3.67. The number of hydrogen-bond acceptors (Lipinski definition) is 5. The van der Waals surface area contributed by atoms with E-state index in [0.717, 1.165) is 15.5 Å². The van der Waals surface area contributed by atoms with Crippen molar-refractivity contribution in [3.05, 3.63) is 81.6 Å². The van der Waals surface area contributed by atoms with Crippen molar-refractivity contribution in [1.29, 1.82) is 0 Å². The molecule has 31 heavy (non-hydrogen) atoms. The van der Waals surface area contributed by atoms with Gasteiger partial charge in [0, 0.05) is 0 Å². The van der Waals surface area contributed by atoms with Crippen LogP contribution < -0.4 is 4.46 Å². The molecule has 1 aromatic heterocycles. The van der Waals surface area contributed by atoms with Gasteiger partial charge in [0.2, 0.25) is 0 Å². The predicted molar refractivity (Wildman–Crippen MR) is 120 cm³/mol. The summed E-state index contributed by atoms with van der Waals surface area (Å²) in [5.41, 5.74) is 1.52. The van der Waals surface area contributed by atoms with Gasteiger partial charge in [0.15, 0.2) is 0 Å². The number of rotatable bonds is 4. The van der Waals surface area contributed by atoms with E-state index in [1.165, 1.54) is 4.46 Å². The Morgan fingerprint density at radius 2 is 1.77 bits per heavy atom. The molecule has 1 aliphatic heterocycles. The number of ether oxygens (including phenoxy) is 1. The first-order valence-electron chi connectivity index (χ1n) is 9.76. The second-order valence-electron chi connectivity index (χ2n) is 7.99. The van der Waals surface area contributed by atoms with Crippen LogP contribution in [0.25, 0.3) is 5.76 Å². The fourth-order valence-electron chi connectivity index (χ4n) is 4.04. The number of nitrogens with zero attached hydrogens (tertiary/aromatic N) is 3. The van der Waals surface area contributed by atoms with Gasteiger partial charge in [-0.15, -0.1) is 0 Å². The van der Waals surface area contributed by atoms with Gasteiger partial charge in [-0.1, -0.05) is 0 Å². The van der Waals surface area contributed by atoms with Crippen LogP contribution in [0.2, 0.25) is 0 Å². The first-order valence-corrected chi connectivity index (χ1v) is 12.6. The zero-order valence-corrected chi connectivity index (χ0v) is 20.1. The number of ketones is 2. The Balaban J connectivity index is 1.47. The maximum atomic E-state index is 13.0. The van der Waals surface area contributed by atoms with Gasteiger partial charge >= 0.3 is 194 Å². The van der Waals surface area contributed by atoms with Crippen molar-refractivity contribution in [2.45, 2.75) is 30.8 Å². The SMILES string of the molecule is CC1(C)OC2=C(C(=O)C(=O)c3ccccc32)C1n1cc(C[Se]c2ccc(Br)cc2)nn1. The number of carbonyl (C=O) groups excluding carboxylic acids is 2. The van der Waals surface area contributed by atoms with Gasteiger partial charge in [-0.05, 0) is 0 Å². The van der Waals surface area contributed by atoms with Crippen molar-refractivity contribution in [1.82, 2.24) is 15.0 Å². The molecule has 156 valence electrons. The Hall–Kier alpha value is -2.54. The zero-order valence-electron chi connectivity index (χ0n) is 16.8. The Morgan fingerprint density at radius 3 is 2.52 bits per heavy atom. The molecule has 0 saturated heterocycles. The van der Waals surface area contributed by atoms with Gasteiger partial charge < -0.3 is 0 Å². The van der Waals surface area contributed by atoms with Crippen molar-refractivity contribution in [2.24, 2.45) is 0 Å². The molecule has 2 aromatic carbocycles. The van der Waals surface area contributed by atoms with Crippen LogP contribution in [0.1, 0.15) is 41.5 Å². The molecule has 0 spiro atoms. The molecule has 3 aromatic rings. The Kier molecular flexibility index (Phi) is 4.96. The van der Waals surface area contributed by atoms with E-state index in [9.17, 15) is 9.59 Å². The van der Waals surface area contributed by atoms with Gasteiger partial charge in [-0.25, -0.2) is 0 Å². The fraction of sp³-hybridized carbons (Fsp3) is 0.217. The average Bonchev–Trinajstić information content (AvgIpc) is 3.32. The van der Waals surface area contributed by atoms with Crippen molar-refractivity contribution in [3.8, 4) is 0 Å². The van der Waals surface area contributed by atoms with Gasteiger partial charge in [-0.2, -0.15) is 0 Å². The van der Waals surface area contributed by atoms with Crippen LogP contribution in [0.3, 0.4) is 0 Å². The van der Waals surface area contributed by atoms with Crippen molar-refractivity contribution in [2.75, 3.05) is 0 Å². The third-order valence-electron chi connectivity index (χ3n) is 5.43. The molecule has 5 rings (SSSR count). The zero-order chi connectivity index (χ0) is 21.8. The molecule has 0 fully saturated rings. The molecule has 0 amide bonds. The molecular weight excluding hydrogens is 525 g/mol. The average molecular weight is 543 g/mol. The van der Waals surface area contributed by atoms with Crippen molar-refractivity contribution >= 4 is 52.7 Å². The number of benzene rings is 2. The summed E-state index contributed by atoms with van der Waals surface area (Å²) in [5.74, 6) is -0.550. The molecule has 2 aliphatic rings. The summed E-state index contributed by atoms with van der Waals surface area (Å²) in [6, 6.07) is 14.8. The minimum atomic E-state index is -0.750. The number of carbonyl (C=O) groups is 2. The molecule has 8 heteroatoms. The molecule has 0 bridgehead atoms. The summed E-state index contributed by atoms with van der Waals surface area (Å²) in [6.07, 6.45) is 1.87. The monoisotopic (exact) mass is 543 g/mol. The topological polar surface area (TPSA) is 74.1 Å². The first-order chi connectivity index (χ1) is 14.8. The number of fused-ring (bicyclic) bond motifs is 2. The molecule has 0 N–H and O–H groups in total. The van der Waals surface area contributed by atoms with Gasteiger partial charge in [-0.3, -0.25) is 0 Å². The standard InChI is InChI=1S/C23H18BrN3O3Se/c1-23(2)22(18-20(29)19(28)16-5-3-4-6-17(16)21(18)30-23)27-11-14(25-26-27)12-31-15-9-7-13(24)8-10-15/h3-11,22H,12H2,1-2H3. The summed E-state index contributed by atoms with van der Waals surface area (Å²) in [6.45, 7) is 3.81. The molecule has 0 saturated carbocycles. The predicted octanol–water partition coefficient (Wildman–Crippen LogP) is 3.10. The number of hydrogen-bond donors (Lipinski definition) is 0. The van der Waals surface area contributed by atoms with Crippen LogP contribution in [0.4, 0.5) is 0 Å². The van der Waals surface area contributed by atoms with Crippen LogP contribution in [0, 0.1) is 0 Å². The van der Waals surface area contributed by atoms with E-state index >= 15 is 0 Å². The Morgan fingerprint density at radius 1 is 1.06 bits per heavy atom. The molecular formula is C23H18BrN3O3Se. The Labute approximate surface area is 194 Å². The third-order valence-corrected chi connectivity index (χ3v) is 8.15. The number of halogens is 1. The van der Waals surface area contributed by atoms with Crippen LogP contribution in [-0.4, -0.2) is 47.1 Å². The van der Waals surface area contributed by atoms with Gasteiger partial charge in [0.25, 0.3) is 0 Å². The molecule has 1 atom stereocenters. The first kappa shape index (κ1) is 20.4. The van der Waals surface area contributed by atoms with Crippen molar-refractivity contribution in [3.63, 3.8) is 0 Å². The summed E-state index contributed by atoms with van der Waals surface area (Å²) in [7, 11) is 0. The van der Waals surface area contributed by atoms with Gasteiger partial charge in [0.1, 0.15) is 0 Å². The molecule has 1 unspecified atom stereocenters. The third kappa shape index (κ3) is 3.49. The van der Waals surface area contributed by atoms with Crippen LogP contribution >= 0.6 is 15.9 Å². The number of Topliss-reactive ketones (excluding diaryl/α,β-unsaturated/α-hetero) is 2. The molecule has 6 nitrogen and oxygen atoms in total. The Bertz CT molecular complexity index is 1250. The number of aromatic nitrogens is 3. The van der Waals surface area contributed by atoms with E-state index in [0.29, 0.717) is 22.5 Å². The second kappa shape index (κ2) is 7.55. The maximum absolute atomic E-state index is 13.0. The summed E-state index contributed by atoms with van der Waals surface area (Å²) in [5, 5.41) is 9.43. The van der Waals surface area contributed by atoms with Gasteiger partial charge in [0.05, 0.1) is 0 Å². The minimum absolute atomic E-state index is 0.212. The molecule has 2 heterocycles. The van der Waals surface area contributed by atoms with Crippen LogP contribution in [-0.2, 0) is 14.9 Å². The summed E-state index contributed by atoms with van der Waals surface area (Å²) < 4.78 is 10.2.